The maximum atomic E-state index is 11.8. The number of carbonyl (C=O) groups is 1. The van der Waals surface area contributed by atoms with Crippen LogP contribution in [0.25, 0.3) is 0 Å². The van der Waals surface area contributed by atoms with Crippen molar-refractivity contribution >= 4 is 17.3 Å². The number of nitrogens with zero attached hydrogens (tertiary/aromatic N) is 1. The zero-order valence-electron chi connectivity index (χ0n) is 11.0. The number of amides is 1. The summed E-state index contributed by atoms with van der Waals surface area (Å²) < 4.78 is 5.12. The van der Waals surface area contributed by atoms with Gasteiger partial charge in [-0.3, -0.25) is 4.79 Å². The van der Waals surface area contributed by atoms with Gasteiger partial charge in [0.05, 0.1) is 18.0 Å². The molecule has 0 radical (unpaired) electrons. The van der Waals surface area contributed by atoms with Gasteiger partial charge in [0, 0.05) is 26.1 Å². The van der Waals surface area contributed by atoms with Crippen molar-refractivity contribution in [2.24, 2.45) is 0 Å². The van der Waals surface area contributed by atoms with Gasteiger partial charge in [0.15, 0.2) is 0 Å². The van der Waals surface area contributed by atoms with E-state index in [9.17, 15) is 4.79 Å². The molecule has 0 aliphatic carbocycles. The van der Waals surface area contributed by atoms with E-state index in [4.69, 9.17) is 4.74 Å². The molecule has 1 heterocycles. The first-order valence-corrected chi connectivity index (χ1v) is 6.37. The zero-order valence-corrected chi connectivity index (χ0v) is 11.0. The lowest BCUT2D eigenvalue weighted by Gasteiger charge is -2.22. The predicted octanol–water partition coefficient (Wildman–Crippen LogP) is 2.26. The van der Waals surface area contributed by atoms with Crippen molar-refractivity contribution < 1.29 is 9.53 Å². The number of benzene rings is 1. The molecule has 1 amide bonds. The molecule has 4 heteroatoms. The van der Waals surface area contributed by atoms with E-state index >= 15 is 0 Å². The van der Waals surface area contributed by atoms with Gasteiger partial charge in [0.25, 0.3) is 0 Å². The van der Waals surface area contributed by atoms with Crippen LogP contribution in [0.2, 0.25) is 0 Å². The number of anilines is 2. The van der Waals surface area contributed by atoms with Crippen molar-refractivity contribution in [2.75, 3.05) is 30.5 Å². The summed E-state index contributed by atoms with van der Waals surface area (Å²) in [6.45, 7) is 3.52. The summed E-state index contributed by atoms with van der Waals surface area (Å²) in [5.41, 5.74) is 1.97. The lowest BCUT2D eigenvalue weighted by molar-refractivity contribution is -0.117. The van der Waals surface area contributed by atoms with Crippen LogP contribution in [0.15, 0.2) is 24.3 Å². The van der Waals surface area contributed by atoms with Crippen LogP contribution in [0.5, 0.6) is 0 Å². The van der Waals surface area contributed by atoms with Gasteiger partial charge in [0.2, 0.25) is 5.91 Å². The zero-order chi connectivity index (χ0) is 13.0. The number of nitrogens with one attached hydrogen (secondary N) is 1. The quantitative estimate of drug-likeness (QED) is 0.869. The van der Waals surface area contributed by atoms with Gasteiger partial charge in [-0.15, -0.1) is 0 Å². The minimum atomic E-state index is 0.212. The van der Waals surface area contributed by atoms with E-state index in [0.717, 1.165) is 24.3 Å². The van der Waals surface area contributed by atoms with Crippen LogP contribution >= 0.6 is 0 Å². The largest absolute Gasteiger partial charge is 0.383 e. The van der Waals surface area contributed by atoms with Crippen LogP contribution in [-0.4, -0.2) is 32.2 Å². The van der Waals surface area contributed by atoms with E-state index < -0.39 is 0 Å². The lowest BCUT2D eigenvalue weighted by atomic mass is 10.2. The second kappa shape index (κ2) is 5.87. The third-order valence-electron chi connectivity index (χ3n) is 3.09. The van der Waals surface area contributed by atoms with Crippen molar-refractivity contribution in [3.63, 3.8) is 0 Å². The van der Waals surface area contributed by atoms with E-state index in [0.29, 0.717) is 13.0 Å². The summed E-state index contributed by atoms with van der Waals surface area (Å²) in [5, 5.41) is 3.39. The fraction of sp³-hybridized carbons (Fsp3) is 0.500. The minimum absolute atomic E-state index is 0.212. The Balaban J connectivity index is 2.17. The minimum Gasteiger partial charge on any atom is -0.383 e. The average Bonchev–Trinajstić information content (AvgIpc) is 2.76. The number of methoxy groups -OCH3 is 1. The Hall–Kier alpha value is -1.55. The molecule has 1 aromatic rings. The van der Waals surface area contributed by atoms with Crippen molar-refractivity contribution in [2.45, 2.75) is 25.8 Å². The highest BCUT2D eigenvalue weighted by Gasteiger charge is 2.23. The SMILES string of the molecule is COCC(C)Nc1ccccc1N1CCCC1=O. The Kier molecular flexibility index (Phi) is 4.20. The average molecular weight is 248 g/mol. The Morgan fingerprint density at radius 3 is 2.89 bits per heavy atom. The van der Waals surface area contributed by atoms with Crippen molar-refractivity contribution in [3.05, 3.63) is 24.3 Å². The summed E-state index contributed by atoms with van der Waals surface area (Å²) in [6.07, 6.45) is 1.60. The maximum Gasteiger partial charge on any atom is 0.227 e. The molecule has 1 N–H and O–H groups in total. The maximum absolute atomic E-state index is 11.8. The highest BCUT2D eigenvalue weighted by molar-refractivity contribution is 5.98. The van der Waals surface area contributed by atoms with Gasteiger partial charge in [-0.2, -0.15) is 0 Å². The molecule has 2 rings (SSSR count). The Bertz CT molecular complexity index is 420. The molecule has 0 bridgehead atoms. The molecule has 0 saturated carbocycles. The third kappa shape index (κ3) is 2.82. The van der Waals surface area contributed by atoms with Crippen LogP contribution < -0.4 is 10.2 Å². The molecule has 0 spiro atoms. The summed E-state index contributed by atoms with van der Waals surface area (Å²) in [7, 11) is 1.69. The smallest absolute Gasteiger partial charge is 0.227 e. The molecule has 1 atom stereocenters. The second-order valence-corrected chi connectivity index (χ2v) is 4.67. The fourth-order valence-electron chi connectivity index (χ4n) is 2.29. The number of para-hydroxylation sites is 2. The third-order valence-corrected chi connectivity index (χ3v) is 3.09. The van der Waals surface area contributed by atoms with E-state index in [1.165, 1.54) is 0 Å². The molecular weight excluding hydrogens is 228 g/mol. The fourth-order valence-corrected chi connectivity index (χ4v) is 2.29. The predicted molar refractivity (Wildman–Crippen MR) is 73.0 cm³/mol. The first-order valence-electron chi connectivity index (χ1n) is 6.37. The monoisotopic (exact) mass is 248 g/mol. The molecule has 1 saturated heterocycles. The van der Waals surface area contributed by atoms with Crippen molar-refractivity contribution in [1.82, 2.24) is 0 Å². The topological polar surface area (TPSA) is 41.6 Å². The van der Waals surface area contributed by atoms with Crippen molar-refractivity contribution in [1.29, 1.82) is 0 Å². The van der Waals surface area contributed by atoms with E-state index in [2.05, 4.69) is 12.2 Å². The highest BCUT2D eigenvalue weighted by Crippen LogP contribution is 2.29. The summed E-state index contributed by atoms with van der Waals surface area (Å²) in [4.78, 5) is 13.7. The summed E-state index contributed by atoms with van der Waals surface area (Å²) in [5.74, 6) is 0.212. The molecule has 1 aromatic carbocycles. The van der Waals surface area contributed by atoms with E-state index in [1.807, 2.05) is 29.2 Å². The standard InChI is InChI=1S/C14H20N2O2/c1-11(10-18-2)15-12-6-3-4-7-13(12)16-9-5-8-14(16)17/h3-4,6-7,11,15H,5,8-10H2,1-2H3. The van der Waals surface area contributed by atoms with E-state index in [1.54, 1.807) is 7.11 Å². The Labute approximate surface area is 108 Å². The van der Waals surface area contributed by atoms with Crippen LogP contribution in [0, 0.1) is 0 Å². The molecule has 98 valence electrons. The molecule has 4 nitrogen and oxygen atoms in total. The van der Waals surface area contributed by atoms with Gasteiger partial charge in [0.1, 0.15) is 0 Å². The summed E-state index contributed by atoms with van der Waals surface area (Å²) >= 11 is 0. The molecule has 1 aliphatic rings. The number of hydrogen-bond acceptors (Lipinski definition) is 3. The first-order chi connectivity index (χ1) is 8.72. The molecule has 1 unspecified atom stereocenters. The Morgan fingerprint density at radius 2 is 2.22 bits per heavy atom. The normalized spacial score (nSPS) is 17.0. The first kappa shape index (κ1) is 12.9. The number of carbonyl (C=O) groups excluding carboxylic acids is 1. The molecule has 0 aromatic heterocycles. The highest BCUT2D eigenvalue weighted by atomic mass is 16.5. The Morgan fingerprint density at radius 1 is 1.44 bits per heavy atom. The number of rotatable bonds is 5. The van der Waals surface area contributed by atoms with Crippen LogP contribution in [0.1, 0.15) is 19.8 Å². The van der Waals surface area contributed by atoms with Crippen LogP contribution in [0.4, 0.5) is 11.4 Å². The molecule has 1 aliphatic heterocycles. The molecular formula is C14H20N2O2. The van der Waals surface area contributed by atoms with Gasteiger partial charge in [-0.1, -0.05) is 12.1 Å². The van der Waals surface area contributed by atoms with E-state index in [-0.39, 0.29) is 11.9 Å². The molecule has 18 heavy (non-hydrogen) atoms. The van der Waals surface area contributed by atoms with Gasteiger partial charge in [-0.05, 0) is 25.5 Å². The van der Waals surface area contributed by atoms with Crippen LogP contribution in [0.3, 0.4) is 0 Å². The van der Waals surface area contributed by atoms with Crippen LogP contribution in [-0.2, 0) is 9.53 Å². The number of hydrogen-bond donors (Lipinski definition) is 1. The van der Waals surface area contributed by atoms with Gasteiger partial charge < -0.3 is 15.0 Å². The molecule has 1 fully saturated rings. The lowest BCUT2D eigenvalue weighted by Crippen LogP contribution is -2.27. The van der Waals surface area contributed by atoms with Gasteiger partial charge >= 0.3 is 0 Å². The van der Waals surface area contributed by atoms with Crippen molar-refractivity contribution in [3.8, 4) is 0 Å². The second-order valence-electron chi connectivity index (χ2n) is 4.67. The van der Waals surface area contributed by atoms with Gasteiger partial charge in [-0.25, -0.2) is 0 Å². The number of ether oxygens (including phenoxy) is 1. The summed E-state index contributed by atoms with van der Waals surface area (Å²) in [6, 6.07) is 8.16.